The molecule has 0 fully saturated rings. The minimum Gasteiger partial charge on any atom is -0.345 e. The van der Waals surface area contributed by atoms with Crippen LogP contribution in [0.2, 0.25) is 0 Å². The normalized spacial score (nSPS) is 13.5. The Morgan fingerprint density at radius 3 is 3.15 bits per heavy atom. The molecule has 0 saturated carbocycles. The molecule has 20 heavy (non-hydrogen) atoms. The SMILES string of the molecule is O=C1CSc2ccc(C(=O)NCc3nn[nH]n3)cc2N1. The molecule has 1 aromatic heterocycles. The summed E-state index contributed by atoms with van der Waals surface area (Å²) in [6, 6.07) is 5.20. The number of carbonyl (C=O) groups excluding carboxylic acids is 2. The first-order valence-corrected chi connectivity index (χ1v) is 6.78. The van der Waals surface area contributed by atoms with E-state index in [0.717, 1.165) is 4.90 Å². The molecule has 2 aromatic rings. The van der Waals surface area contributed by atoms with Gasteiger partial charge in [-0.3, -0.25) is 9.59 Å². The van der Waals surface area contributed by atoms with Gasteiger partial charge in [-0.25, -0.2) is 0 Å². The Hall–Kier alpha value is -2.42. The van der Waals surface area contributed by atoms with E-state index in [1.165, 1.54) is 11.8 Å². The summed E-state index contributed by atoms with van der Waals surface area (Å²) >= 11 is 1.45. The molecular formula is C11H10N6O2S. The van der Waals surface area contributed by atoms with Gasteiger partial charge in [0, 0.05) is 10.5 Å². The molecule has 8 nitrogen and oxygen atoms in total. The first-order chi connectivity index (χ1) is 9.72. The molecule has 3 rings (SSSR count). The number of H-pyrrole nitrogens is 1. The van der Waals surface area contributed by atoms with Gasteiger partial charge in [-0.2, -0.15) is 5.21 Å². The monoisotopic (exact) mass is 290 g/mol. The maximum Gasteiger partial charge on any atom is 0.251 e. The number of tetrazole rings is 1. The van der Waals surface area contributed by atoms with Crippen LogP contribution in [0.25, 0.3) is 0 Å². The summed E-state index contributed by atoms with van der Waals surface area (Å²) in [6.45, 7) is 0.188. The average Bonchev–Trinajstić information content (AvgIpc) is 2.97. The second-order valence-corrected chi connectivity index (χ2v) is 5.08. The fourth-order valence-electron chi connectivity index (χ4n) is 1.74. The fraction of sp³-hybridized carbons (Fsp3) is 0.182. The third-order valence-corrected chi connectivity index (χ3v) is 3.74. The number of thioether (sulfide) groups is 1. The van der Waals surface area contributed by atoms with E-state index in [0.29, 0.717) is 22.8 Å². The maximum absolute atomic E-state index is 12.0. The minimum atomic E-state index is -0.262. The minimum absolute atomic E-state index is 0.0631. The van der Waals surface area contributed by atoms with Gasteiger partial charge in [-0.05, 0) is 18.2 Å². The second kappa shape index (κ2) is 5.29. The lowest BCUT2D eigenvalue weighted by molar-refractivity contribution is -0.113. The number of amides is 2. The lowest BCUT2D eigenvalue weighted by Crippen LogP contribution is -2.24. The number of aromatic nitrogens is 4. The van der Waals surface area contributed by atoms with Gasteiger partial charge in [0.1, 0.15) is 0 Å². The molecule has 0 saturated heterocycles. The van der Waals surface area contributed by atoms with E-state index < -0.39 is 0 Å². The van der Waals surface area contributed by atoms with Gasteiger partial charge in [-0.1, -0.05) is 5.21 Å². The summed E-state index contributed by atoms with van der Waals surface area (Å²) in [7, 11) is 0. The molecule has 2 amide bonds. The van der Waals surface area contributed by atoms with Crippen LogP contribution in [-0.2, 0) is 11.3 Å². The zero-order chi connectivity index (χ0) is 13.9. The molecule has 3 N–H and O–H groups in total. The molecule has 0 radical (unpaired) electrons. The first-order valence-electron chi connectivity index (χ1n) is 5.79. The van der Waals surface area contributed by atoms with Crippen LogP contribution >= 0.6 is 11.8 Å². The van der Waals surface area contributed by atoms with Crippen LogP contribution in [0.4, 0.5) is 5.69 Å². The van der Waals surface area contributed by atoms with E-state index in [1.807, 2.05) is 6.07 Å². The van der Waals surface area contributed by atoms with Gasteiger partial charge in [0.2, 0.25) is 5.91 Å². The number of rotatable bonds is 3. The molecule has 0 bridgehead atoms. The molecule has 1 aromatic carbocycles. The average molecular weight is 290 g/mol. The molecular weight excluding hydrogens is 280 g/mol. The summed E-state index contributed by atoms with van der Waals surface area (Å²) in [5.74, 6) is 0.477. The number of nitrogens with one attached hydrogen (secondary N) is 3. The van der Waals surface area contributed by atoms with E-state index in [-0.39, 0.29) is 18.4 Å². The Labute approximate surface area is 117 Å². The molecule has 1 aliphatic heterocycles. The van der Waals surface area contributed by atoms with Crippen molar-refractivity contribution >= 4 is 29.3 Å². The first kappa shape index (κ1) is 12.6. The van der Waals surface area contributed by atoms with Crippen molar-refractivity contribution in [3.05, 3.63) is 29.6 Å². The van der Waals surface area contributed by atoms with E-state index in [1.54, 1.807) is 12.1 Å². The predicted octanol–water partition coefficient (Wildman–Crippen LogP) is 0.174. The van der Waals surface area contributed by atoms with Crippen molar-refractivity contribution in [1.82, 2.24) is 25.9 Å². The van der Waals surface area contributed by atoms with Crippen LogP contribution in [0.15, 0.2) is 23.1 Å². The number of nitrogens with zero attached hydrogens (tertiary/aromatic N) is 3. The molecule has 0 spiro atoms. The standard InChI is InChI=1S/C11H10N6O2S/c18-10-5-20-8-2-1-6(3-7(8)13-10)11(19)12-4-9-14-16-17-15-9/h1-3H,4-5H2,(H,12,19)(H,13,18)(H,14,15,16,17). The number of fused-ring (bicyclic) bond motifs is 1. The van der Waals surface area contributed by atoms with E-state index in [2.05, 4.69) is 31.3 Å². The van der Waals surface area contributed by atoms with Crippen molar-refractivity contribution < 1.29 is 9.59 Å². The highest BCUT2D eigenvalue weighted by Crippen LogP contribution is 2.31. The highest BCUT2D eigenvalue weighted by molar-refractivity contribution is 8.00. The van der Waals surface area contributed by atoms with Crippen molar-refractivity contribution in [1.29, 1.82) is 0 Å². The molecule has 0 unspecified atom stereocenters. The lowest BCUT2D eigenvalue weighted by atomic mass is 10.2. The zero-order valence-corrected chi connectivity index (χ0v) is 11.0. The van der Waals surface area contributed by atoms with Crippen molar-refractivity contribution in [2.75, 3.05) is 11.1 Å². The van der Waals surface area contributed by atoms with Gasteiger partial charge in [-0.15, -0.1) is 22.0 Å². The van der Waals surface area contributed by atoms with Crippen LogP contribution in [0.5, 0.6) is 0 Å². The Kier molecular flexibility index (Phi) is 3.33. The third-order valence-electron chi connectivity index (χ3n) is 2.67. The van der Waals surface area contributed by atoms with E-state index in [4.69, 9.17) is 0 Å². The number of hydrogen-bond acceptors (Lipinski definition) is 6. The Morgan fingerprint density at radius 2 is 2.35 bits per heavy atom. The van der Waals surface area contributed by atoms with Gasteiger partial charge < -0.3 is 10.6 Å². The van der Waals surface area contributed by atoms with Crippen LogP contribution in [0, 0.1) is 0 Å². The summed E-state index contributed by atoms with van der Waals surface area (Å²) in [4.78, 5) is 24.3. The van der Waals surface area contributed by atoms with Gasteiger partial charge >= 0.3 is 0 Å². The van der Waals surface area contributed by atoms with Gasteiger partial charge in [0.25, 0.3) is 5.91 Å². The highest BCUT2D eigenvalue weighted by atomic mass is 32.2. The Morgan fingerprint density at radius 1 is 1.45 bits per heavy atom. The lowest BCUT2D eigenvalue weighted by Gasteiger charge is -2.16. The zero-order valence-electron chi connectivity index (χ0n) is 10.2. The Bertz CT molecular complexity index is 657. The van der Waals surface area contributed by atoms with Crippen LogP contribution in [0.3, 0.4) is 0 Å². The summed E-state index contributed by atoms with van der Waals surface area (Å²) in [6.07, 6.45) is 0. The number of benzene rings is 1. The number of hydrogen-bond donors (Lipinski definition) is 3. The maximum atomic E-state index is 12.0. The van der Waals surface area contributed by atoms with Crippen LogP contribution in [0.1, 0.15) is 16.2 Å². The number of anilines is 1. The molecule has 9 heteroatoms. The molecule has 1 aliphatic rings. The van der Waals surface area contributed by atoms with Crippen LogP contribution < -0.4 is 10.6 Å². The summed E-state index contributed by atoms with van der Waals surface area (Å²) < 4.78 is 0. The quantitative estimate of drug-likeness (QED) is 0.743. The van der Waals surface area contributed by atoms with Crippen LogP contribution in [-0.4, -0.2) is 38.2 Å². The molecule has 0 atom stereocenters. The molecule has 102 valence electrons. The topological polar surface area (TPSA) is 113 Å². The summed E-state index contributed by atoms with van der Waals surface area (Å²) in [5, 5.41) is 18.6. The number of carbonyl (C=O) groups is 2. The molecule has 0 aliphatic carbocycles. The van der Waals surface area contributed by atoms with E-state index >= 15 is 0 Å². The highest BCUT2D eigenvalue weighted by Gasteiger charge is 2.17. The smallest absolute Gasteiger partial charge is 0.251 e. The van der Waals surface area contributed by atoms with Gasteiger partial charge in [0.15, 0.2) is 5.82 Å². The number of aromatic amines is 1. The second-order valence-electron chi connectivity index (χ2n) is 4.06. The predicted molar refractivity (Wildman–Crippen MR) is 71.1 cm³/mol. The van der Waals surface area contributed by atoms with E-state index in [9.17, 15) is 9.59 Å². The van der Waals surface area contributed by atoms with Crippen molar-refractivity contribution in [2.24, 2.45) is 0 Å². The third kappa shape index (κ3) is 2.62. The van der Waals surface area contributed by atoms with Crippen molar-refractivity contribution in [2.45, 2.75) is 11.4 Å². The summed E-state index contributed by atoms with van der Waals surface area (Å²) in [5.41, 5.74) is 1.13. The largest absolute Gasteiger partial charge is 0.345 e. The van der Waals surface area contributed by atoms with Gasteiger partial charge in [0.05, 0.1) is 18.0 Å². The van der Waals surface area contributed by atoms with Crippen molar-refractivity contribution in [3.63, 3.8) is 0 Å². The van der Waals surface area contributed by atoms with Crippen molar-refractivity contribution in [3.8, 4) is 0 Å². The molecule has 2 heterocycles. The fourth-order valence-corrected chi connectivity index (χ4v) is 2.53. The Balaban J connectivity index is 1.72.